The minimum absolute atomic E-state index is 0.0808. The fourth-order valence-corrected chi connectivity index (χ4v) is 11.7. The van der Waals surface area contributed by atoms with Gasteiger partial charge in [0.25, 0.3) is 0 Å². The van der Waals surface area contributed by atoms with E-state index in [1.807, 2.05) is 0 Å². The van der Waals surface area contributed by atoms with Crippen molar-refractivity contribution in [1.82, 2.24) is 0 Å². The smallest absolute Gasteiger partial charge is 0.333 e. The molecule has 0 spiro atoms. The summed E-state index contributed by atoms with van der Waals surface area (Å²) in [5, 5.41) is 9.18. The van der Waals surface area contributed by atoms with Crippen molar-refractivity contribution < 1.29 is 19.4 Å². The largest absolute Gasteiger partial charge is 0.481 e. The molecule has 0 rings (SSSR count). The quantitative estimate of drug-likeness (QED) is 0.0305. The summed E-state index contributed by atoms with van der Waals surface area (Å²) in [6.45, 7) is 10.6. The van der Waals surface area contributed by atoms with Crippen LogP contribution in [0.5, 0.6) is 0 Å². The Hall–Kier alpha value is -1.10. The highest BCUT2D eigenvalue weighted by atomic mass is 28.3. The van der Waals surface area contributed by atoms with E-state index in [1.165, 1.54) is 211 Å². The van der Waals surface area contributed by atoms with Crippen LogP contribution in [0.1, 0.15) is 220 Å². The summed E-state index contributed by atoms with van der Waals surface area (Å²) in [4.78, 5) is 24.0. The van der Waals surface area contributed by atoms with E-state index in [0.29, 0.717) is 6.23 Å². The van der Waals surface area contributed by atoms with Gasteiger partial charge in [-0.25, -0.2) is 4.79 Å². The predicted molar refractivity (Wildman–Crippen MR) is 208 cm³/mol. The zero-order valence-corrected chi connectivity index (χ0v) is 33.1. The molecule has 0 aromatic rings. The number of hydrogen-bond donors (Lipinski definition) is 1. The second-order valence-corrected chi connectivity index (χ2v) is 19.8. The monoisotopic (exact) mass is 679 g/mol. The molecule has 4 nitrogen and oxygen atoms in total. The molecular weight excluding hydrogens is 597 g/mol. The van der Waals surface area contributed by atoms with Crippen molar-refractivity contribution in [2.45, 2.75) is 238 Å². The Morgan fingerprint density at radius 1 is 0.468 bits per heavy atom. The van der Waals surface area contributed by atoms with Gasteiger partial charge in [-0.3, -0.25) is 4.79 Å². The molecule has 0 heterocycles. The SMILES string of the molecule is C=C(CC(=O)O)C(=O)OC[Si](CCCCCCCCCCCC)(CCCCCCCCCCCC)CCCCCCCCCCCC. The molecular formula is C42H82O4Si. The maximum absolute atomic E-state index is 12.8. The van der Waals surface area contributed by atoms with Crippen LogP contribution in [-0.4, -0.2) is 31.3 Å². The van der Waals surface area contributed by atoms with Crippen molar-refractivity contribution in [3.05, 3.63) is 12.2 Å². The zero-order valence-electron chi connectivity index (χ0n) is 32.1. The molecule has 0 saturated heterocycles. The van der Waals surface area contributed by atoms with Gasteiger partial charge in [0, 0.05) is 5.57 Å². The van der Waals surface area contributed by atoms with Crippen LogP contribution in [0.15, 0.2) is 12.2 Å². The Morgan fingerprint density at radius 2 is 0.723 bits per heavy atom. The molecule has 0 aromatic carbocycles. The number of ether oxygens (including phenoxy) is 1. The molecule has 0 aliphatic heterocycles. The van der Waals surface area contributed by atoms with Gasteiger partial charge in [0.05, 0.1) is 20.7 Å². The summed E-state index contributed by atoms with van der Waals surface area (Å²) in [6.07, 6.45) is 40.5. The van der Waals surface area contributed by atoms with Crippen LogP contribution in [0.2, 0.25) is 18.1 Å². The van der Waals surface area contributed by atoms with Crippen molar-refractivity contribution in [3.63, 3.8) is 0 Å². The minimum Gasteiger partial charge on any atom is -0.481 e. The molecule has 0 unspecified atom stereocenters. The Balaban J connectivity index is 5.07. The molecule has 0 bridgehead atoms. The lowest BCUT2D eigenvalue weighted by Gasteiger charge is -2.32. The molecule has 0 radical (unpaired) electrons. The van der Waals surface area contributed by atoms with Crippen LogP contribution >= 0.6 is 0 Å². The Labute approximate surface area is 295 Å². The van der Waals surface area contributed by atoms with Crippen molar-refractivity contribution in [2.24, 2.45) is 0 Å². The van der Waals surface area contributed by atoms with Crippen molar-refractivity contribution in [3.8, 4) is 0 Å². The lowest BCUT2D eigenvalue weighted by molar-refractivity contribution is -0.141. The number of carbonyl (C=O) groups is 2. The van der Waals surface area contributed by atoms with E-state index >= 15 is 0 Å². The molecule has 0 aliphatic rings. The topological polar surface area (TPSA) is 63.6 Å². The number of unbranched alkanes of at least 4 members (excludes halogenated alkanes) is 27. The number of rotatable bonds is 38. The molecule has 278 valence electrons. The van der Waals surface area contributed by atoms with E-state index < -0.39 is 20.0 Å². The summed E-state index contributed by atoms with van der Waals surface area (Å²) in [5.41, 5.74) is 0.0808. The van der Waals surface area contributed by atoms with Gasteiger partial charge in [-0.15, -0.1) is 0 Å². The first-order valence-corrected chi connectivity index (χ1v) is 23.8. The second-order valence-electron chi connectivity index (χ2n) is 15.0. The molecule has 0 aliphatic carbocycles. The van der Waals surface area contributed by atoms with Crippen LogP contribution in [0.4, 0.5) is 0 Å². The molecule has 1 N–H and O–H groups in total. The van der Waals surface area contributed by atoms with Crippen LogP contribution in [0, 0.1) is 0 Å². The van der Waals surface area contributed by atoms with Gasteiger partial charge in [0.15, 0.2) is 0 Å². The van der Waals surface area contributed by atoms with Crippen molar-refractivity contribution >= 4 is 20.0 Å². The van der Waals surface area contributed by atoms with Gasteiger partial charge < -0.3 is 9.84 Å². The Morgan fingerprint density at radius 3 is 0.979 bits per heavy atom. The maximum atomic E-state index is 12.8. The van der Waals surface area contributed by atoms with Gasteiger partial charge in [0.2, 0.25) is 0 Å². The fraction of sp³-hybridized carbons (Fsp3) is 0.905. The molecule has 0 aromatic heterocycles. The standard InChI is InChI=1S/C42H82O4Si/c1-5-8-11-14-17-20-23-26-29-32-35-47(39-46-42(45)40(4)38-41(43)44,36-33-30-27-24-21-18-15-12-9-6-2)37-34-31-28-25-22-19-16-13-10-7-3/h4-39H2,1-3H3,(H,43,44). The lowest BCUT2D eigenvalue weighted by atomic mass is 10.1. The van der Waals surface area contributed by atoms with E-state index in [0.717, 1.165) is 0 Å². The number of aliphatic carboxylic acids is 1. The predicted octanol–water partition coefficient (Wildman–Crippen LogP) is 14.3. The van der Waals surface area contributed by atoms with E-state index in [-0.39, 0.29) is 12.0 Å². The van der Waals surface area contributed by atoms with Gasteiger partial charge >= 0.3 is 11.9 Å². The molecule has 5 heteroatoms. The first kappa shape index (κ1) is 45.9. The Kier molecular flexibility index (Phi) is 33.9. The molecule has 0 fully saturated rings. The summed E-state index contributed by atoms with van der Waals surface area (Å²) in [6, 6.07) is 3.74. The third kappa shape index (κ3) is 30.7. The molecule has 0 amide bonds. The average Bonchev–Trinajstić information content (AvgIpc) is 3.05. The van der Waals surface area contributed by atoms with Crippen LogP contribution < -0.4 is 0 Å². The normalized spacial score (nSPS) is 11.6. The third-order valence-electron chi connectivity index (χ3n) is 10.3. The Bertz CT molecular complexity index is 662. The van der Waals surface area contributed by atoms with Crippen molar-refractivity contribution in [1.29, 1.82) is 0 Å². The highest BCUT2D eigenvalue weighted by Gasteiger charge is 2.33. The second kappa shape index (κ2) is 34.7. The number of carboxylic acid groups (broad SMARTS) is 1. The minimum atomic E-state index is -1.85. The summed E-state index contributed by atoms with van der Waals surface area (Å²) >= 11 is 0. The van der Waals surface area contributed by atoms with Gasteiger partial charge in [-0.05, 0) is 0 Å². The zero-order chi connectivity index (χ0) is 34.7. The summed E-state index contributed by atoms with van der Waals surface area (Å²) < 4.78 is 5.96. The molecule has 0 saturated carbocycles. The van der Waals surface area contributed by atoms with E-state index in [9.17, 15) is 14.7 Å². The number of esters is 1. The number of carboxylic acids is 1. The van der Waals surface area contributed by atoms with E-state index in [4.69, 9.17) is 4.74 Å². The van der Waals surface area contributed by atoms with Crippen molar-refractivity contribution in [2.75, 3.05) is 6.23 Å². The van der Waals surface area contributed by atoms with Gasteiger partial charge in [0.1, 0.15) is 0 Å². The highest BCUT2D eigenvalue weighted by Crippen LogP contribution is 2.31. The first-order chi connectivity index (χ1) is 22.9. The van der Waals surface area contributed by atoms with E-state index in [2.05, 4.69) is 27.4 Å². The third-order valence-corrected chi connectivity index (χ3v) is 15.3. The van der Waals surface area contributed by atoms with Crippen LogP contribution in [0.25, 0.3) is 0 Å². The maximum Gasteiger partial charge on any atom is 0.333 e. The van der Waals surface area contributed by atoms with Gasteiger partial charge in [-0.2, -0.15) is 0 Å². The van der Waals surface area contributed by atoms with Crippen LogP contribution in [-0.2, 0) is 14.3 Å². The summed E-state index contributed by atoms with van der Waals surface area (Å²) in [5.74, 6) is -1.50. The number of carbonyl (C=O) groups excluding carboxylic acids is 1. The summed E-state index contributed by atoms with van der Waals surface area (Å²) in [7, 11) is -1.85. The lowest BCUT2D eigenvalue weighted by Crippen LogP contribution is -2.41. The molecule has 0 atom stereocenters. The highest BCUT2D eigenvalue weighted by molar-refractivity contribution is 6.80. The fourth-order valence-electron chi connectivity index (χ4n) is 7.13. The van der Waals surface area contributed by atoms with Crippen LogP contribution in [0.3, 0.4) is 0 Å². The average molecular weight is 679 g/mol. The first-order valence-electron chi connectivity index (χ1n) is 21.0. The molecule has 47 heavy (non-hydrogen) atoms. The van der Waals surface area contributed by atoms with E-state index in [1.54, 1.807) is 0 Å². The number of hydrogen-bond acceptors (Lipinski definition) is 3. The van der Waals surface area contributed by atoms with Gasteiger partial charge in [-0.1, -0.05) is 238 Å².